The summed E-state index contributed by atoms with van der Waals surface area (Å²) < 4.78 is 0. The van der Waals surface area contributed by atoms with Crippen LogP contribution in [0.1, 0.15) is 47.3 Å². The van der Waals surface area contributed by atoms with Crippen molar-refractivity contribution in [3.63, 3.8) is 0 Å². The summed E-state index contributed by atoms with van der Waals surface area (Å²) in [7, 11) is 0. The molecule has 1 saturated carbocycles. The van der Waals surface area contributed by atoms with Crippen LogP contribution in [0, 0.1) is 12.8 Å². The number of hydrogen-bond donors (Lipinski definition) is 1. The summed E-state index contributed by atoms with van der Waals surface area (Å²) in [6.07, 6.45) is 2.63. The van der Waals surface area contributed by atoms with Gasteiger partial charge in [-0.05, 0) is 38.3 Å². The number of rotatable bonds is 3. The number of H-pyrrole nitrogens is 1. The molecule has 7 heteroatoms. The van der Waals surface area contributed by atoms with Gasteiger partial charge in [0.25, 0.3) is 5.91 Å². The molecule has 2 aromatic rings. The zero-order chi connectivity index (χ0) is 18.1. The van der Waals surface area contributed by atoms with E-state index in [0.29, 0.717) is 37.4 Å². The average Bonchev–Trinajstić information content (AvgIpc) is 3.46. The third-order valence-electron chi connectivity index (χ3n) is 5.09. The van der Waals surface area contributed by atoms with Crippen LogP contribution < -0.4 is 0 Å². The van der Waals surface area contributed by atoms with Gasteiger partial charge < -0.3 is 9.80 Å². The maximum atomic E-state index is 13.1. The number of hydrogen-bond acceptors (Lipinski definition) is 4. The maximum Gasteiger partial charge on any atom is 0.254 e. The van der Waals surface area contributed by atoms with Crippen molar-refractivity contribution < 1.29 is 9.59 Å². The zero-order valence-electron chi connectivity index (χ0n) is 14.9. The lowest BCUT2D eigenvalue weighted by Gasteiger charge is -2.27. The zero-order valence-corrected chi connectivity index (χ0v) is 14.9. The molecule has 2 heterocycles. The SMILES string of the molecule is Cc1nc(C2CCN(C(=O)C3CC3)CCN2C(=O)c2ccccc2)n[nH]1. The molecule has 1 aliphatic heterocycles. The summed E-state index contributed by atoms with van der Waals surface area (Å²) in [5, 5.41) is 7.16. The van der Waals surface area contributed by atoms with E-state index in [-0.39, 0.29) is 23.8 Å². The second kappa shape index (κ2) is 6.90. The number of carbonyl (C=O) groups excluding carboxylic acids is 2. The number of aromatic nitrogens is 3. The highest BCUT2D eigenvalue weighted by Gasteiger charge is 2.37. The predicted molar refractivity (Wildman–Crippen MR) is 95.3 cm³/mol. The number of carbonyl (C=O) groups is 2. The van der Waals surface area contributed by atoms with Crippen molar-refractivity contribution in [3.8, 4) is 0 Å². The highest BCUT2D eigenvalue weighted by molar-refractivity contribution is 5.94. The fourth-order valence-corrected chi connectivity index (χ4v) is 3.51. The van der Waals surface area contributed by atoms with Gasteiger partial charge in [0, 0.05) is 31.1 Å². The fourth-order valence-electron chi connectivity index (χ4n) is 3.51. The van der Waals surface area contributed by atoms with Crippen molar-refractivity contribution in [2.45, 2.75) is 32.2 Å². The molecule has 1 N–H and O–H groups in total. The molecular formula is C19H23N5O2. The van der Waals surface area contributed by atoms with Crippen molar-refractivity contribution in [1.29, 1.82) is 0 Å². The highest BCUT2D eigenvalue weighted by Crippen LogP contribution is 2.33. The predicted octanol–water partition coefficient (Wildman–Crippen LogP) is 1.94. The van der Waals surface area contributed by atoms with Crippen LogP contribution in [-0.2, 0) is 4.79 Å². The molecule has 2 fully saturated rings. The Bertz CT molecular complexity index is 799. The first-order valence-electron chi connectivity index (χ1n) is 9.17. The van der Waals surface area contributed by atoms with Gasteiger partial charge in [0.2, 0.25) is 5.91 Å². The van der Waals surface area contributed by atoms with Crippen LogP contribution in [0.15, 0.2) is 30.3 Å². The molecule has 2 amide bonds. The van der Waals surface area contributed by atoms with E-state index in [9.17, 15) is 9.59 Å². The molecule has 1 aromatic heterocycles. The minimum atomic E-state index is -0.232. The Morgan fingerprint density at radius 3 is 2.50 bits per heavy atom. The van der Waals surface area contributed by atoms with Crippen LogP contribution in [0.2, 0.25) is 0 Å². The molecule has 7 nitrogen and oxygen atoms in total. The van der Waals surface area contributed by atoms with E-state index < -0.39 is 0 Å². The monoisotopic (exact) mass is 353 g/mol. The van der Waals surface area contributed by atoms with Crippen LogP contribution in [0.25, 0.3) is 0 Å². The van der Waals surface area contributed by atoms with Gasteiger partial charge in [-0.25, -0.2) is 4.98 Å². The molecule has 26 heavy (non-hydrogen) atoms. The fraction of sp³-hybridized carbons (Fsp3) is 0.474. The van der Waals surface area contributed by atoms with E-state index in [0.717, 1.165) is 18.7 Å². The van der Waals surface area contributed by atoms with Gasteiger partial charge in [0.1, 0.15) is 5.82 Å². The molecule has 0 radical (unpaired) electrons. The van der Waals surface area contributed by atoms with Crippen molar-refractivity contribution in [3.05, 3.63) is 47.5 Å². The largest absolute Gasteiger partial charge is 0.341 e. The van der Waals surface area contributed by atoms with Crippen LogP contribution in [0.4, 0.5) is 0 Å². The number of amides is 2. The third-order valence-corrected chi connectivity index (χ3v) is 5.09. The van der Waals surface area contributed by atoms with Crippen molar-refractivity contribution in [2.24, 2.45) is 5.92 Å². The van der Waals surface area contributed by atoms with E-state index >= 15 is 0 Å². The summed E-state index contributed by atoms with van der Waals surface area (Å²) in [4.78, 5) is 33.8. The molecule has 1 aliphatic carbocycles. The topological polar surface area (TPSA) is 82.2 Å². The van der Waals surface area contributed by atoms with E-state index in [4.69, 9.17) is 0 Å². The van der Waals surface area contributed by atoms with Crippen molar-refractivity contribution in [1.82, 2.24) is 25.0 Å². The van der Waals surface area contributed by atoms with Gasteiger partial charge in [0.15, 0.2) is 5.82 Å². The lowest BCUT2D eigenvalue weighted by Crippen LogP contribution is -2.39. The first kappa shape index (κ1) is 16.8. The Hall–Kier alpha value is -2.70. The molecule has 4 rings (SSSR count). The minimum Gasteiger partial charge on any atom is -0.341 e. The van der Waals surface area contributed by atoms with E-state index in [1.54, 1.807) is 0 Å². The Kier molecular flexibility index (Phi) is 4.44. The molecule has 1 aromatic carbocycles. The van der Waals surface area contributed by atoms with Gasteiger partial charge in [-0.1, -0.05) is 18.2 Å². The van der Waals surface area contributed by atoms with Gasteiger partial charge in [-0.2, -0.15) is 5.10 Å². The van der Waals surface area contributed by atoms with Gasteiger partial charge >= 0.3 is 0 Å². The molecule has 1 atom stereocenters. The quantitative estimate of drug-likeness (QED) is 0.914. The van der Waals surface area contributed by atoms with E-state index in [1.807, 2.05) is 47.1 Å². The standard InChI is InChI=1S/C19H23N5O2/c1-13-20-17(22-21-13)16-9-10-23(18(25)15-7-8-15)11-12-24(16)19(26)14-5-3-2-4-6-14/h2-6,15-16H,7-12H2,1H3,(H,20,21,22). The van der Waals surface area contributed by atoms with Gasteiger partial charge in [-0.15, -0.1) is 0 Å². The highest BCUT2D eigenvalue weighted by atomic mass is 16.2. The number of aromatic amines is 1. The molecule has 136 valence electrons. The Morgan fingerprint density at radius 1 is 1.08 bits per heavy atom. The molecule has 2 aliphatic rings. The summed E-state index contributed by atoms with van der Waals surface area (Å²) in [6, 6.07) is 9.02. The molecular weight excluding hydrogens is 330 g/mol. The molecule has 1 saturated heterocycles. The summed E-state index contributed by atoms with van der Waals surface area (Å²) in [5.41, 5.74) is 0.645. The number of nitrogens with zero attached hydrogens (tertiary/aromatic N) is 4. The molecule has 1 unspecified atom stereocenters. The third kappa shape index (κ3) is 3.34. The van der Waals surface area contributed by atoms with Crippen LogP contribution in [0.5, 0.6) is 0 Å². The first-order chi connectivity index (χ1) is 12.6. The Labute approximate surface area is 152 Å². The minimum absolute atomic E-state index is 0.0428. The van der Waals surface area contributed by atoms with Crippen LogP contribution in [-0.4, -0.2) is 56.4 Å². The van der Waals surface area contributed by atoms with E-state index in [1.165, 1.54) is 0 Å². The second-order valence-corrected chi connectivity index (χ2v) is 7.05. The first-order valence-corrected chi connectivity index (χ1v) is 9.17. The number of nitrogens with one attached hydrogen (secondary N) is 1. The Morgan fingerprint density at radius 2 is 1.85 bits per heavy atom. The van der Waals surface area contributed by atoms with Crippen molar-refractivity contribution >= 4 is 11.8 Å². The maximum absolute atomic E-state index is 13.1. The Balaban J connectivity index is 1.61. The average molecular weight is 353 g/mol. The normalized spacial score (nSPS) is 20.7. The molecule has 0 bridgehead atoms. The van der Waals surface area contributed by atoms with Gasteiger partial charge in [-0.3, -0.25) is 14.7 Å². The molecule has 0 spiro atoms. The number of aryl methyl sites for hydroxylation is 1. The van der Waals surface area contributed by atoms with E-state index in [2.05, 4.69) is 15.2 Å². The van der Waals surface area contributed by atoms with Crippen molar-refractivity contribution in [2.75, 3.05) is 19.6 Å². The second-order valence-electron chi connectivity index (χ2n) is 7.05. The summed E-state index contributed by atoms with van der Waals surface area (Å²) >= 11 is 0. The lowest BCUT2D eigenvalue weighted by molar-refractivity contribution is -0.132. The van der Waals surface area contributed by atoms with Gasteiger partial charge in [0.05, 0.1) is 6.04 Å². The summed E-state index contributed by atoms with van der Waals surface area (Å²) in [6.45, 7) is 3.53. The number of benzene rings is 1. The smallest absolute Gasteiger partial charge is 0.254 e. The summed E-state index contributed by atoms with van der Waals surface area (Å²) in [5.74, 6) is 1.72. The lowest BCUT2D eigenvalue weighted by atomic mass is 10.1. The van der Waals surface area contributed by atoms with Crippen LogP contribution >= 0.6 is 0 Å². The van der Waals surface area contributed by atoms with Crippen LogP contribution in [0.3, 0.4) is 0 Å².